The van der Waals surface area contributed by atoms with E-state index in [-0.39, 0.29) is 0 Å². The van der Waals surface area contributed by atoms with Crippen LogP contribution >= 0.6 is 0 Å². The molecule has 94 valence electrons. The number of aliphatic carboxylic acids is 1. The minimum absolute atomic E-state index is 0.427. The van der Waals surface area contributed by atoms with Gasteiger partial charge in [0.05, 0.1) is 0 Å². The monoisotopic (exact) mass is 236 g/mol. The second kappa shape index (κ2) is 6.40. The molecule has 0 heterocycles. The molecule has 1 atom stereocenters. The first-order valence-corrected chi connectivity index (χ1v) is 5.95. The molecule has 1 unspecified atom stereocenters. The molecule has 1 N–H and O–H groups in total. The molecule has 0 bridgehead atoms. The summed E-state index contributed by atoms with van der Waals surface area (Å²) in [6.45, 7) is 6.53. The van der Waals surface area contributed by atoms with Crippen molar-refractivity contribution in [2.75, 3.05) is 6.61 Å². The van der Waals surface area contributed by atoms with Crippen molar-refractivity contribution in [2.45, 2.75) is 39.7 Å². The van der Waals surface area contributed by atoms with Crippen molar-refractivity contribution < 1.29 is 14.6 Å². The number of hydrogen-bond acceptors (Lipinski definition) is 2. The van der Waals surface area contributed by atoms with Gasteiger partial charge in [-0.1, -0.05) is 25.1 Å². The molecule has 0 radical (unpaired) electrons. The maximum atomic E-state index is 11.0. The van der Waals surface area contributed by atoms with E-state index in [0.717, 1.165) is 12.0 Å². The fourth-order valence-electron chi connectivity index (χ4n) is 1.62. The Hall–Kier alpha value is -1.35. The number of ether oxygens (including phenoxy) is 1. The van der Waals surface area contributed by atoms with Crippen LogP contribution in [0.15, 0.2) is 18.2 Å². The van der Waals surface area contributed by atoms with E-state index in [1.807, 2.05) is 39.0 Å². The number of carboxylic acids is 1. The molecule has 0 amide bonds. The lowest BCUT2D eigenvalue weighted by molar-refractivity contribution is -0.150. The molecule has 1 rings (SSSR count). The Balaban J connectivity index is 2.71. The summed E-state index contributed by atoms with van der Waals surface area (Å²) in [4.78, 5) is 11.0. The summed E-state index contributed by atoms with van der Waals surface area (Å²) in [5.41, 5.74) is 3.41. The van der Waals surface area contributed by atoms with Crippen molar-refractivity contribution in [3.63, 3.8) is 0 Å². The molecule has 0 spiro atoms. The van der Waals surface area contributed by atoms with Crippen LogP contribution in [0.25, 0.3) is 0 Å². The third kappa shape index (κ3) is 4.19. The van der Waals surface area contributed by atoms with E-state index in [1.54, 1.807) is 0 Å². The van der Waals surface area contributed by atoms with Crippen LogP contribution in [0.2, 0.25) is 0 Å². The molecule has 0 aliphatic rings. The molecular formula is C14H20O3. The van der Waals surface area contributed by atoms with Gasteiger partial charge in [-0.25, -0.2) is 4.79 Å². The molecule has 0 saturated heterocycles. The smallest absolute Gasteiger partial charge is 0.333 e. The largest absolute Gasteiger partial charge is 0.479 e. The molecular weight excluding hydrogens is 216 g/mol. The highest BCUT2D eigenvalue weighted by atomic mass is 16.5. The van der Waals surface area contributed by atoms with E-state index in [4.69, 9.17) is 9.84 Å². The van der Waals surface area contributed by atoms with Gasteiger partial charge in [-0.2, -0.15) is 0 Å². The molecule has 0 aliphatic carbocycles. The van der Waals surface area contributed by atoms with E-state index in [2.05, 4.69) is 0 Å². The normalized spacial score (nSPS) is 12.4. The van der Waals surface area contributed by atoms with Gasteiger partial charge in [-0.05, 0) is 37.0 Å². The third-order valence-electron chi connectivity index (χ3n) is 2.79. The summed E-state index contributed by atoms with van der Waals surface area (Å²) in [6, 6.07) is 6.01. The van der Waals surface area contributed by atoms with Gasteiger partial charge in [-0.3, -0.25) is 0 Å². The molecule has 1 aromatic rings. The lowest BCUT2D eigenvalue weighted by Crippen LogP contribution is -2.26. The number of hydrogen-bond donors (Lipinski definition) is 1. The molecule has 1 aromatic carbocycles. The maximum Gasteiger partial charge on any atom is 0.333 e. The zero-order chi connectivity index (χ0) is 12.8. The highest BCUT2D eigenvalue weighted by molar-refractivity contribution is 5.72. The van der Waals surface area contributed by atoms with Crippen molar-refractivity contribution in [3.8, 4) is 0 Å². The van der Waals surface area contributed by atoms with Crippen molar-refractivity contribution in [2.24, 2.45) is 0 Å². The van der Waals surface area contributed by atoms with Gasteiger partial charge in [0.15, 0.2) is 6.10 Å². The highest BCUT2D eigenvalue weighted by Gasteiger charge is 2.18. The lowest BCUT2D eigenvalue weighted by Gasteiger charge is -2.14. The first kappa shape index (κ1) is 13.7. The second-order valence-corrected chi connectivity index (χ2v) is 4.32. The Kier molecular flexibility index (Phi) is 5.16. The van der Waals surface area contributed by atoms with Crippen LogP contribution in [0, 0.1) is 13.8 Å². The summed E-state index contributed by atoms with van der Waals surface area (Å²) in [6.07, 6.45) is 0.518. The van der Waals surface area contributed by atoms with E-state index in [0.29, 0.717) is 13.0 Å². The van der Waals surface area contributed by atoms with Gasteiger partial charge in [-0.15, -0.1) is 0 Å². The SMILES string of the molecule is CCCOC(Cc1ccc(C)c(C)c1)C(=O)O. The predicted molar refractivity (Wildman–Crippen MR) is 67.3 cm³/mol. The summed E-state index contributed by atoms with van der Waals surface area (Å²) in [5.74, 6) is -0.892. The second-order valence-electron chi connectivity index (χ2n) is 4.32. The first-order chi connectivity index (χ1) is 8.04. The Bertz CT molecular complexity index is 385. The average molecular weight is 236 g/mol. The molecule has 0 fully saturated rings. The van der Waals surface area contributed by atoms with Crippen LogP contribution in [0.5, 0.6) is 0 Å². The standard InChI is InChI=1S/C14H20O3/c1-4-7-17-13(14(15)16)9-12-6-5-10(2)11(3)8-12/h5-6,8,13H,4,7,9H2,1-3H3,(H,15,16). The van der Waals surface area contributed by atoms with Crippen LogP contribution in [-0.2, 0) is 16.0 Å². The Morgan fingerprint density at radius 1 is 1.35 bits per heavy atom. The van der Waals surface area contributed by atoms with Crippen LogP contribution < -0.4 is 0 Å². The van der Waals surface area contributed by atoms with Crippen molar-refractivity contribution in [1.82, 2.24) is 0 Å². The van der Waals surface area contributed by atoms with Crippen LogP contribution in [0.3, 0.4) is 0 Å². The van der Waals surface area contributed by atoms with E-state index in [9.17, 15) is 4.79 Å². The van der Waals surface area contributed by atoms with Gasteiger partial charge in [0.25, 0.3) is 0 Å². The van der Waals surface area contributed by atoms with Crippen LogP contribution in [-0.4, -0.2) is 23.8 Å². The zero-order valence-corrected chi connectivity index (χ0v) is 10.7. The minimum atomic E-state index is -0.892. The topological polar surface area (TPSA) is 46.5 Å². The van der Waals surface area contributed by atoms with Gasteiger partial charge in [0, 0.05) is 13.0 Å². The molecule has 3 nitrogen and oxygen atoms in total. The van der Waals surface area contributed by atoms with Crippen LogP contribution in [0.1, 0.15) is 30.0 Å². The fraction of sp³-hybridized carbons (Fsp3) is 0.500. The van der Waals surface area contributed by atoms with Crippen molar-refractivity contribution in [3.05, 3.63) is 34.9 Å². The van der Waals surface area contributed by atoms with E-state index >= 15 is 0 Å². The lowest BCUT2D eigenvalue weighted by atomic mass is 10.0. The number of rotatable bonds is 6. The molecule has 0 aliphatic heterocycles. The van der Waals surface area contributed by atoms with E-state index in [1.165, 1.54) is 11.1 Å². The number of carbonyl (C=O) groups is 1. The van der Waals surface area contributed by atoms with Crippen molar-refractivity contribution >= 4 is 5.97 Å². The molecule has 0 saturated carbocycles. The van der Waals surface area contributed by atoms with Gasteiger partial charge in [0.2, 0.25) is 0 Å². The Morgan fingerprint density at radius 3 is 2.59 bits per heavy atom. The Morgan fingerprint density at radius 2 is 2.06 bits per heavy atom. The zero-order valence-electron chi connectivity index (χ0n) is 10.7. The number of benzene rings is 1. The van der Waals surface area contributed by atoms with Gasteiger partial charge in [0.1, 0.15) is 0 Å². The van der Waals surface area contributed by atoms with Crippen molar-refractivity contribution in [1.29, 1.82) is 0 Å². The van der Waals surface area contributed by atoms with Gasteiger partial charge >= 0.3 is 5.97 Å². The maximum absolute atomic E-state index is 11.0. The summed E-state index contributed by atoms with van der Waals surface area (Å²) >= 11 is 0. The molecule has 0 aromatic heterocycles. The average Bonchev–Trinajstić information content (AvgIpc) is 2.28. The summed E-state index contributed by atoms with van der Waals surface area (Å²) < 4.78 is 5.33. The molecule has 17 heavy (non-hydrogen) atoms. The number of carboxylic acid groups (broad SMARTS) is 1. The quantitative estimate of drug-likeness (QED) is 0.826. The van der Waals surface area contributed by atoms with Gasteiger partial charge < -0.3 is 9.84 Å². The van der Waals surface area contributed by atoms with Crippen LogP contribution in [0.4, 0.5) is 0 Å². The predicted octanol–water partition coefficient (Wildman–Crippen LogP) is 2.73. The first-order valence-electron chi connectivity index (χ1n) is 5.95. The Labute approximate surface area is 102 Å². The third-order valence-corrected chi connectivity index (χ3v) is 2.79. The molecule has 3 heteroatoms. The van der Waals surface area contributed by atoms with E-state index < -0.39 is 12.1 Å². The fourth-order valence-corrected chi connectivity index (χ4v) is 1.62. The highest BCUT2D eigenvalue weighted by Crippen LogP contribution is 2.13. The minimum Gasteiger partial charge on any atom is -0.479 e. The summed E-state index contributed by atoms with van der Waals surface area (Å²) in [5, 5.41) is 9.06. The number of aryl methyl sites for hydroxylation is 2. The summed E-state index contributed by atoms with van der Waals surface area (Å²) in [7, 11) is 0.